The summed E-state index contributed by atoms with van der Waals surface area (Å²) in [4.78, 5) is 32.2. The van der Waals surface area contributed by atoms with Gasteiger partial charge in [-0.25, -0.2) is 0 Å². The van der Waals surface area contributed by atoms with Crippen molar-refractivity contribution in [2.24, 2.45) is 0 Å². The Morgan fingerprint density at radius 2 is 1.41 bits per heavy atom. The van der Waals surface area contributed by atoms with E-state index in [1.165, 1.54) is 4.90 Å². The van der Waals surface area contributed by atoms with Gasteiger partial charge in [0.15, 0.2) is 0 Å². The number of thioether (sulfide) groups is 1. The molecule has 0 saturated carbocycles. The molecule has 100 valence electrons. The molecule has 0 fully saturated rings. The van der Waals surface area contributed by atoms with Gasteiger partial charge in [0, 0.05) is 12.3 Å². The summed E-state index contributed by atoms with van der Waals surface area (Å²) in [5.74, 6) is -2.86. The van der Waals surface area contributed by atoms with Crippen LogP contribution in [0.4, 0.5) is 0 Å². The summed E-state index contributed by atoms with van der Waals surface area (Å²) in [6.07, 6.45) is 0. The third-order valence-electron chi connectivity index (χ3n) is 1.50. The SMILES string of the molecule is O.O=C(O)CSCCN(CC(=O)O)CC(=O)O. The van der Waals surface area contributed by atoms with Gasteiger partial charge in [-0.3, -0.25) is 19.3 Å². The van der Waals surface area contributed by atoms with Gasteiger partial charge in [0.1, 0.15) is 0 Å². The Bertz CT molecular complexity index is 255. The van der Waals surface area contributed by atoms with E-state index in [1.807, 2.05) is 0 Å². The summed E-state index contributed by atoms with van der Waals surface area (Å²) < 4.78 is 0. The highest BCUT2D eigenvalue weighted by molar-refractivity contribution is 7.99. The Hall–Kier alpha value is -1.32. The predicted octanol–water partition coefficient (Wildman–Crippen LogP) is -1.55. The van der Waals surface area contributed by atoms with Gasteiger partial charge in [0.2, 0.25) is 0 Å². The molecule has 0 spiro atoms. The number of rotatable bonds is 9. The molecule has 0 radical (unpaired) electrons. The number of carbonyl (C=O) groups is 3. The van der Waals surface area contributed by atoms with Crippen LogP contribution in [0.25, 0.3) is 0 Å². The third kappa shape index (κ3) is 12.6. The maximum Gasteiger partial charge on any atom is 0.317 e. The van der Waals surface area contributed by atoms with E-state index in [2.05, 4.69) is 0 Å². The first kappa shape index (κ1) is 18.1. The quantitative estimate of drug-likeness (QED) is 0.426. The van der Waals surface area contributed by atoms with Crippen molar-refractivity contribution in [2.75, 3.05) is 31.1 Å². The van der Waals surface area contributed by atoms with E-state index in [0.717, 1.165) is 11.8 Å². The van der Waals surface area contributed by atoms with Crippen molar-refractivity contribution in [3.8, 4) is 0 Å². The Morgan fingerprint density at radius 1 is 0.941 bits per heavy atom. The van der Waals surface area contributed by atoms with Crippen LogP contribution in [0.15, 0.2) is 0 Å². The van der Waals surface area contributed by atoms with Crippen molar-refractivity contribution < 1.29 is 35.2 Å². The lowest BCUT2D eigenvalue weighted by atomic mass is 10.4. The fourth-order valence-electron chi connectivity index (χ4n) is 0.950. The number of hydrogen-bond acceptors (Lipinski definition) is 5. The maximum absolute atomic E-state index is 10.4. The first-order chi connectivity index (χ1) is 7.41. The van der Waals surface area contributed by atoms with Crippen LogP contribution in [0.5, 0.6) is 0 Å². The minimum Gasteiger partial charge on any atom is -0.481 e. The second kappa shape index (κ2) is 9.87. The summed E-state index contributed by atoms with van der Waals surface area (Å²) in [5, 5.41) is 25.4. The number of nitrogens with zero attached hydrogens (tertiary/aromatic N) is 1. The highest BCUT2D eigenvalue weighted by Gasteiger charge is 2.12. The minimum atomic E-state index is -1.11. The molecule has 8 nitrogen and oxygen atoms in total. The molecule has 0 unspecified atom stereocenters. The summed E-state index contributed by atoms with van der Waals surface area (Å²) >= 11 is 1.12. The molecule has 0 amide bonds. The van der Waals surface area contributed by atoms with E-state index < -0.39 is 17.9 Å². The van der Waals surface area contributed by atoms with Crippen LogP contribution < -0.4 is 0 Å². The zero-order valence-corrected chi connectivity index (χ0v) is 9.77. The second-order valence-electron chi connectivity index (χ2n) is 2.94. The van der Waals surface area contributed by atoms with Gasteiger partial charge in [-0.2, -0.15) is 0 Å². The van der Waals surface area contributed by atoms with E-state index >= 15 is 0 Å². The number of carboxylic acid groups (broad SMARTS) is 3. The van der Waals surface area contributed by atoms with Crippen LogP contribution in [0, 0.1) is 0 Å². The molecule has 0 saturated heterocycles. The first-order valence-corrected chi connectivity index (χ1v) is 5.52. The van der Waals surface area contributed by atoms with Gasteiger partial charge in [-0.1, -0.05) is 0 Å². The largest absolute Gasteiger partial charge is 0.481 e. The van der Waals surface area contributed by atoms with Crippen LogP contribution in [0.3, 0.4) is 0 Å². The molecule has 0 rings (SSSR count). The zero-order valence-electron chi connectivity index (χ0n) is 8.96. The van der Waals surface area contributed by atoms with Crippen LogP contribution in [0.2, 0.25) is 0 Å². The predicted molar refractivity (Wildman–Crippen MR) is 60.3 cm³/mol. The molecule has 5 N–H and O–H groups in total. The van der Waals surface area contributed by atoms with Gasteiger partial charge >= 0.3 is 17.9 Å². The standard InChI is InChI=1S/C8H13NO6S.H2O/c10-6(11)3-9(4-7(12)13)1-2-16-5-8(14)15;/h1-5H2,(H,10,11)(H,12,13)(H,14,15);1H2. The zero-order chi connectivity index (χ0) is 12.6. The lowest BCUT2D eigenvalue weighted by molar-refractivity contribution is -0.141. The van der Waals surface area contributed by atoms with Gasteiger partial charge in [0.25, 0.3) is 0 Å². The van der Waals surface area contributed by atoms with Crippen molar-refractivity contribution in [1.82, 2.24) is 4.90 Å². The molecular formula is C8H15NO7S. The summed E-state index contributed by atoms with van der Waals surface area (Å²) in [6, 6.07) is 0. The molecule has 0 aromatic carbocycles. The summed E-state index contributed by atoms with van der Waals surface area (Å²) in [5.41, 5.74) is 0. The lowest BCUT2D eigenvalue weighted by Crippen LogP contribution is -2.36. The third-order valence-corrected chi connectivity index (χ3v) is 2.42. The van der Waals surface area contributed by atoms with E-state index in [0.29, 0.717) is 5.75 Å². The molecule has 0 aromatic rings. The average Bonchev–Trinajstić information content (AvgIpc) is 2.09. The fourth-order valence-corrected chi connectivity index (χ4v) is 1.66. The summed E-state index contributed by atoms with van der Waals surface area (Å²) in [6.45, 7) is -0.490. The van der Waals surface area contributed by atoms with E-state index in [9.17, 15) is 14.4 Å². The van der Waals surface area contributed by atoms with Crippen LogP contribution in [-0.2, 0) is 14.4 Å². The smallest absolute Gasteiger partial charge is 0.317 e. The molecule has 0 heterocycles. The van der Waals surface area contributed by atoms with Crippen LogP contribution in [0.1, 0.15) is 0 Å². The topological polar surface area (TPSA) is 147 Å². The number of carboxylic acids is 3. The highest BCUT2D eigenvalue weighted by Crippen LogP contribution is 2.00. The maximum atomic E-state index is 10.4. The summed E-state index contributed by atoms with van der Waals surface area (Å²) in [7, 11) is 0. The van der Waals surface area contributed by atoms with Crippen molar-refractivity contribution >= 4 is 29.7 Å². The Kier molecular flexibility index (Phi) is 10.5. The fraction of sp³-hybridized carbons (Fsp3) is 0.625. The molecular weight excluding hydrogens is 254 g/mol. The number of aliphatic carboxylic acids is 3. The highest BCUT2D eigenvalue weighted by atomic mass is 32.2. The average molecular weight is 269 g/mol. The monoisotopic (exact) mass is 269 g/mol. The van der Waals surface area contributed by atoms with Gasteiger partial charge in [-0.05, 0) is 0 Å². The Balaban J connectivity index is 0. The molecule has 0 aliphatic heterocycles. The van der Waals surface area contributed by atoms with Crippen LogP contribution in [-0.4, -0.2) is 74.7 Å². The Labute approximate surface area is 102 Å². The van der Waals surface area contributed by atoms with E-state index in [4.69, 9.17) is 15.3 Å². The van der Waals surface area contributed by atoms with Crippen molar-refractivity contribution in [1.29, 1.82) is 0 Å². The van der Waals surface area contributed by atoms with Crippen molar-refractivity contribution in [2.45, 2.75) is 0 Å². The second-order valence-corrected chi connectivity index (χ2v) is 4.05. The van der Waals surface area contributed by atoms with Gasteiger partial charge in [-0.15, -0.1) is 11.8 Å². The number of hydrogen-bond donors (Lipinski definition) is 3. The first-order valence-electron chi connectivity index (χ1n) is 4.37. The van der Waals surface area contributed by atoms with Crippen molar-refractivity contribution in [3.05, 3.63) is 0 Å². The van der Waals surface area contributed by atoms with Gasteiger partial charge in [0.05, 0.1) is 18.8 Å². The molecule has 0 aliphatic carbocycles. The molecule has 0 bridgehead atoms. The normalized spacial score (nSPS) is 9.71. The molecule has 0 atom stereocenters. The Morgan fingerprint density at radius 3 is 1.76 bits per heavy atom. The molecule has 17 heavy (non-hydrogen) atoms. The van der Waals surface area contributed by atoms with E-state index in [-0.39, 0.29) is 30.9 Å². The molecule has 0 aromatic heterocycles. The van der Waals surface area contributed by atoms with Crippen LogP contribution >= 0.6 is 11.8 Å². The molecule has 0 aliphatic rings. The molecule has 9 heteroatoms. The van der Waals surface area contributed by atoms with Crippen molar-refractivity contribution in [3.63, 3.8) is 0 Å². The minimum absolute atomic E-state index is 0. The van der Waals surface area contributed by atoms with E-state index in [1.54, 1.807) is 0 Å². The lowest BCUT2D eigenvalue weighted by Gasteiger charge is -2.16. The van der Waals surface area contributed by atoms with Gasteiger partial charge < -0.3 is 20.8 Å².